The molecule has 1 aromatic heterocycles. The first-order valence-corrected chi connectivity index (χ1v) is 7.80. The van der Waals surface area contributed by atoms with Crippen LogP contribution in [0.2, 0.25) is 0 Å². The number of aliphatic hydroxyl groups is 1. The van der Waals surface area contributed by atoms with E-state index in [1.165, 1.54) is 17.7 Å². The zero-order chi connectivity index (χ0) is 13.2. The predicted octanol–water partition coefficient (Wildman–Crippen LogP) is 3.16. The van der Waals surface area contributed by atoms with Crippen LogP contribution in [0, 0.1) is 5.92 Å². The number of hydrogen-bond donors (Lipinski definition) is 1. The van der Waals surface area contributed by atoms with E-state index >= 15 is 0 Å². The molecule has 3 unspecified atom stereocenters. The SMILES string of the molecule is CC1CCCC(C(O)Cc2cccs2)(N(C)C)C1. The summed E-state index contributed by atoms with van der Waals surface area (Å²) >= 11 is 1.75. The van der Waals surface area contributed by atoms with Gasteiger partial charge in [-0.3, -0.25) is 0 Å². The van der Waals surface area contributed by atoms with E-state index in [1.54, 1.807) is 11.3 Å². The maximum Gasteiger partial charge on any atom is 0.0771 e. The molecule has 2 rings (SSSR count). The quantitative estimate of drug-likeness (QED) is 0.906. The summed E-state index contributed by atoms with van der Waals surface area (Å²) in [6.07, 6.45) is 5.32. The van der Waals surface area contributed by atoms with Crippen molar-refractivity contribution >= 4 is 11.3 Å². The fraction of sp³-hybridized carbons (Fsp3) is 0.733. The number of aliphatic hydroxyl groups excluding tert-OH is 1. The lowest BCUT2D eigenvalue weighted by Crippen LogP contribution is -2.56. The highest BCUT2D eigenvalue weighted by molar-refractivity contribution is 7.09. The summed E-state index contributed by atoms with van der Waals surface area (Å²) in [6, 6.07) is 4.20. The third kappa shape index (κ3) is 2.79. The van der Waals surface area contributed by atoms with Crippen molar-refractivity contribution < 1.29 is 5.11 Å². The van der Waals surface area contributed by atoms with Crippen molar-refractivity contribution in [2.75, 3.05) is 14.1 Å². The molecule has 3 atom stereocenters. The molecule has 0 spiro atoms. The molecular weight excluding hydrogens is 242 g/mol. The van der Waals surface area contributed by atoms with Crippen LogP contribution in [0.5, 0.6) is 0 Å². The molecule has 0 saturated heterocycles. The van der Waals surface area contributed by atoms with Crippen molar-refractivity contribution in [2.24, 2.45) is 5.92 Å². The van der Waals surface area contributed by atoms with Gasteiger partial charge in [0.25, 0.3) is 0 Å². The Labute approximate surface area is 115 Å². The summed E-state index contributed by atoms with van der Waals surface area (Å²) in [5, 5.41) is 12.8. The zero-order valence-electron chi connectivity index (χ0n) is 11.7. The Bertz CT molecular complexity index is 363. The third-order valence-corrected chi connectivity index (χ3v) is 5.39. The molecule has 2 nitrogen and oxygen atoms in total. The molecule has 1 heterocycles. The number of thiophene rings is 1. The first kappa shape index (κ1) is 14.0. The van der Waals surface area contributed by atoms with Crippen LogP contribution in [-0.2, 0) is 6.42 Å². The van der Waals surface area contributed by atoms with Crippen molar-refractivity contribution in [3.8, 4) is 0 Å². The molecule has 102 valence electrons. The maximum atomic E-state index is 10.7. The number of hydrogen-bond acceptors (Lipinski definition) is 3. The molecule has 1 aliphatic carbocycles. The zero-order valence-corrected chi connectivity index (χ0v) is 12.5. The van der Waals surface area contributed by atoms with E-state index in [9.17, 15) is 5.11 Å². The van der Waals surface area contributed by atoms with Gasteiger partial charge >= 0.3 is 0 Å². The summed E-state index contributed by atoms with van der Waals surface area (Å²) in [7, 11) is 4.24. The second-order valence-corrected chi connectivity index (χ2v) is 7.03. The van der Waals surface area contributed by atoms with Crippen LogP contribution in [0.3, 0.4) is 0 Å². The molecule has 0 aromatic carbocycles. The molecular formula is C15H25NOS. The number of rotatable bonds is 4. The highest BCUT2D eigenvalue weighted by Crippen LogP contribution is 2.39. The number of nitrogens with zero attached hydrogens (tertiary/aromatic N) is 1. The molecule has 3 heteroatoms. The van der Waals surface area contributed by atoms with Gasteiger partial charge in [-0.1, -0.05) is 25.8 Å². The highest BCUT2D eigenvalue weighted by atomic mass is 32.1. The van der Waals surface area contributed by atoms with Crippen LogP contribution >= 0.6 is 11.3 Å². The minimum atomic E-state index is -0.256. The van der Waals surface area contributed by atoms with Gasteiger partial charge in [0.2, 0.25) is 0 Å². The molecule has 0 amide bonds. The molecule has 1 fully saturated rings. The molecule has 1 N–H and O–H groups in total. The van der Waals surface area contributed by atoms with Crippen LogP contribution in [0.1, 0.15) is 37.5 Å². The summed E-state index contributed by atoms with van der Waals surface area (Å²) in [5.74, 6) is 0.721. The van der Waals surface area contributed by atoms with E-state index in [0.29, 0.717) is 0 Å². The van der Waals surface area contributed by atoms with Crippen LogP contribution < -0.4 is 0 Å². The van der Waals surface area contributed by atoms with Gasteiger partial charge in [-0.05, 0) is 44.3 Å². The maximum absolute atomic E-state index is 10.7. The first-order valence-electron chi connectivity index (χ1n) is 6.92. The van der Waals surface area contributed by atoms with Gasteiger partial charge in [-0.15, -0.1) is 11.3 Å². The van der Waals surface area contributed by atoms with E-state index in [1.807, 2.05) is 0 Å². The Balaban J connectivity index is 2.13. The lowest BCUT2D eigenvalue weighted by Gasteiger charge is -2.48. The van der Waals surface area contributed by atoms with Gasteiger partial charge in [0.15, 0.2) is 0 Å². The van der Waals surface area contributed by atoms with Crippen molar-refractivity contribution in [1.29, 1.82) is 0 Å². The molecule has 1 aromatic rings. The van der Waals surface area contributed by atoms with Gasteiger partial charge in [0.1, 0.15) is 0 Å². The standard InChI is InChI=1S/C15H25NOS/c1-12-6-4-8-15(11-12,16(2)3)14(17)10-13-7-5-9-18-13/h5,7,9,12,14,17H,4,6,8,10-11H2,1-3H3. The topological polar surface area (TPSA) is 23.5 Å². The second kappa shape index (κ2) is 5.72. The van der Waals surface area contributed by atoms with E-state index in [-0.39, 0.29) is 11.6 Å². The molecule has 18 heavy (non-hydrogen) atoms. The minimum absolute atomic E-state index is 0.0261. The van der Waals surface area contributed by atoms with Crippen LogP contribution in [-0.4, -0.2) is 35.7 Å². The first-order chi connectivity index (χ1) is 8.54. The van der Waals surface area contributed by atoms with Gasteiger partial charge in [0.05, 0.1) is 6.10 Å². The predicted molar refractivity (Wildman–Crippen MR) is 78.1 cm³/mol. The van der Waals surface area contributed by atoms with Gasteiger partial charge < -0.3 is 10.0 Å². The summed E-state index contributed by atoms with van der Waals surface area (Å²) in [6.45, 7) is 2.31. The fourth-order valence-corrected chi connectivity index (χ4v) is 4.12. The largest absolute Gasteiger partial charge is 0.391 e. The normalized spacial score (nSPS) is 30.6. The lowest BCUT2D eigenvalue weighted by molar-refractivity contribution is -0.0421. The highest BCUT2D eigenvalue weighted by Gasteiger charge is 2.42. The average Bonchev–Trinajstić information content (AvgIpc) is 2.81. The van der Waals surface area contributed by atoms with E-state index in [2.05, 4.69) is 43.4 Å². The van der Waals surface area contributed by atoms with Crippen LogP contribution in [0.4, 0.5) is 0 Å². The third-order valence-electron chi connectivity index (χ3n) is 4.49. The fourth-order valence-electron chi connectivity index (χ4n) is 3.38. The van der Waals surface area contributed by atoms with Crippen LogP contribution in [0.25, 0.3) is 0 Å². The molecule has 0 bridgehead atoms. The number of likely N-dealkylation sites (N-methyl/N-ethyl adjacent to an activating group) is 1. The molecule has 1 aliphatic rings. The minimum Gasteiger partial charge on any atom is -0.391 e. The van der Waals surface area contributed by atoms with Crippen molar-refractivity contribution in [3.05, 3.63) is 22.4 Å². The summed E-state index contributed by atoms with van der Waals surface area (Å²) in [5.41, 5.74) is -0.0261. The summed E-state index contributed by atoms with van der Waals surface area (Å²) < 4.78 is 0. The Morgan fingerprint density at radius 2 is 2.33 bits per heavy atom. The smallest absolute Gasteiger partial charge is 0.0771 e. The second-order valence-electron chi connectivity index (χ2n) is 6.00. The van der Waals surface area contributed by atoms with Crippen LogP contribution in [0.15, 0.2) is 17.5 Å². The van der Waals surface area contributed by atoms with Gasteiger partial charge in [-0.2, -0.15) is 0 Å². The van der Waals surface area contributed by atoms with Crippen molar-refractivity contribution in [2.45, 2.75) is 50.7 Å². The molecule has 1 saturated carbocycles. The van der Waals surface area contributed by atoms with E-state index < -0.39 is 0 Å². The Kier molecular flexibility index (Phi) is 4.46. The van der Waals surface area contributed by atoms with Crippen molar-refractivity contribution in [1.82, 2.24) is 4.90 Å². The molecule has 0 radical (unpaired) electrons. The van der Waals surface area contributed by atoms with Gasteiger partial charge in [0, 0.05) is 16.8 Å². The lowest BCUT2D eigenvalue weighted by atomic mass is 9.71. The monoisotopic (exact) mass is 267 g/mol. The Hall–Kier alpha value is -0.380. The van der Waals surface area contributed by atoms with E-state index in [0.717, 1.165) is 25.2 Å². The Morgan fingerprint density at radius 1 is 1.56 bits per heavy atom. The Morgan fingerprint density at radius 3 is 2.89 bits per heavy atom. The van der Waals surface area contributed by atoms with Crippen molar-refractivity contribution in [3.63, 3.8) is 0 Å². The molecule has 0 aliphatic heterocycles. The van der Waals surface area contributed by atoms with Gasteiger partial charge in [-0.25, -0.2) is 0 Å². The average molecular weight is 267 g/mol. The summed E-state index contributed by atoms with van der Waals surface area (Å²) in [4.78, 5) is 3.56. The van der Waals surface area contributed by atoms with E-state index in [4.69, 9.17) is 0 Å².